The number of nitrogens with zero attached hydrogens (tertiary/aromatic N) is 3. The molecule has 2 N–H and O–H groups in total. The maximum absolute atomic E-state index is 11.9. The van der Waals surface area contributed by atoms with E-state index in [-0.39, 0.29) is 0 Å². The first-order chi connectivity index (χ1) is 15.2. The van der Waals surface area contributed by atoms with Crippen LogP contribution in [0.4, 0.5) is 5.82 Å². The zero-order valence-electron chi connectivity index (χ0n) is 18.2. The van der Waals surface area contributed by atoms with Gasteiger partial charge in [0.15, 0.2) is 12.1 Å². The van der Waals surface area contributed by atoms with E-state index in [4.69, 9.17) is 9.97 Å². The molecule has 4 rings (SSSR count). The molecule has 2 heterocycles. The topological polar surface area (TPSA) is 73.9 Å². The minimum absolute atomic E-state index is 0.530. The Hall–Kier alpha value is -3.25. The van der Waals surface area contributed by atoms with Crippen molar-refractivity contribution in [1.82, 2.24) is 19.9 Å². The molecule has 0 radical (unpaired) electrons. The van der Waals surface area contributed by atoms with E-state index in [1.165, 1.54) is 0 Å². The van der Waals surface area contributed by atoms with Crippen LogP contribution in [0.2, 0.25) is 0 Å². The van der Waals surface area contributed by atoms with E-state index >= 15 is 0 Å². The number of rotatable bonds is 10. The van der Waals surface area contributed by atoms with Gasteiger partial charge in [-0.3, -0.25) is 4.79 Å². The van der Waals surface area contributed by atoms with Crippen LogP contribution in [0.15, 0.2) is 48.5 Å². The van der Waals surface area contributed by atoms with Gasteiger partial charge in [-0.15, -0.1) is 0 Å². The van der Waals surface area contributed by atoms with Gasteiger partial charge in [-0.1, -0.05) is 44.2 Å². The van der Waals surface area contributed by atoms with Gasteiger partial charge < -0.3 is 15.2 Å². The highest BCUT2D eigenvalue weighted by Gasteiger charge is 2.17. The number of aldehydes is 1. The molecule has 0 saturated heterocycles. The maximum Gasteiger partial charge on any atom is 0.179 e. The fraction of sp³-hybridized carbons (Fsp3) is 0.320. The van der Waals surface area contributed by atoms with Crippen LogP contribution in [0.3, 0.4) is 0 Å². The molecule has 0 aliphatic rings. The highest BCUT2D eigenvalue weighted by Crippen LogP contribution is 2.30. The van der Waals surface area contributed by atoms with Gasteiger partial charge in [-0.2, -0.15) is 0 Å². The Kier molecular flexibility index (Phi) is 6.57. The van der Waals surface area contributed by atoms with Gasteiger partial charge in [0.1, 0.15) is 5.82 Å². The fourth-order valence-corrected chi connectivity index (χ4v) is 3.99. The van der Waals surface area contributed by atoms with Crippen molar-refractivity contribution in [2.45, 2.75) is 26.7 Å². The Labute approximate surface area is 182 Å². The molecule has 0 fully saturated rings. The number of fused-ring (bicyclic) bond motifs is 2. The SMILES string of the molecule is CCN(CC)CCCCNc1nc(-c2[nH]c3ccccc3c2C=O)nc2ccccc12. The molecule has 0 spiro atoms. The molecule has 6 nitrogen and oxygen atoms in total. The van der Waals surface area contributed by atoms with Crippen molar-refractivity contribution in [3.05, 3.63) is 54.1 Å². The average Bonchev–Trinajstić information content (AvgIpc) is 3.20. The van der Waals surface area contributed by atoms with Gasteiger partial charge in [0, 0.05) is 22.8 Å². The number of aromatic amines is 1. The lowest BCUT2D eigenvalue weighted by Gasteiger charge is -2.17. The minimum atomic E-state index is 0.530. The van der Waals surface area contributed by atoms with Gasteiger partial charge in [0.25, 0.3) is 0 Å². The van der Waals surface area contributed by atoms with Crippen LogP contribution < -0.4 is 5.32 Å². The van der Waals surface area contributed by atoms with Crippen molar-refractivity contribution in [2.75, 3.05) is 31.5 Å². The van der Waals surface area contributed by atoms with Crippen LogP contribution in [-0.2, 0) is 0 Å². The summed E-state index contributed by atoms with van der Waals surface area (Å²) in [6.07, 6.45) is 3.09. The normalized spacial score (nSPS) is 11.5. The number of carbonyl (C=O) groups is 1. The Morgan fingerprint density at radius 2 is 1.71 bits per heavy atom. The lowest BCUT2D eigenvalue weighted by molar-refractivity contribution is 0.112. The molecule has 4 aromatic rings. The summed E-state index contributed by atoms with van der Waals surface area (Å²) in [5, 5.41) is 5.38. The highest BCUT2D eigenvalue weighted by atomic mass is 16.1. The maximum atomic E-state index is 11.9. The highest BCUT2D eigenvalue weighted by molar-refractivity contribution is 6.04. The van der Waals surface area contributed by atoms with E-state index in [1.807, 2.05) is 48.5 Å². The molecule has 2 aromatic heterocycles. The summed E-state index contributed by atoms with van der Waals surface area (Å²) in [5.74, 6) is 1.33. The number of benzene rings is 2. The van der Waals surface area contributed by atoms with Crippen molar-refractivity contribution >= 4 is 33.9 Å². The van der Waals surface area contributed by atoms with Crippen molar-refractivity contribution < 1.29 is 4.79 Å². The van der Waals surface area contributed by atoms with Crippen molar-refractivity contribution in [3.8, 4) is 11.5 Å². The summed E-state index contributed by atoms with van der Waals surface area (Å²) >= 11 is 0. The van der Waals surface area contributed by atoms with Crippen LogP contribution in [0.5, 0.6) is 0 Å². The number of nitrogens with one attached hydrogen (secondary N) is 2. The van der Waals surface area contributed by atoms with Crippen molar-refractivity contribution in [3.63, 3.8) is 0 Å². The summed E-state index contributed by atoms with van der Waals surface area (Å²) in [6.45, 7) is 8.54. The standard InChI is InChI=1S/C25H29N5O/c1-3-30(4-2)16-10-9-15-26-24-19-12-6-8-14-22(19)28-25(29-24)23-20(17-31)18-11-5-7-13-21(18)27-23/h5-8,11-14,17,27H,3-4,9-10,15-16H2,1-2H3,(H,26,28,29). The number of anilines is 1. The van der Waals surface area contributed by atoms with E-state index in [0.717, 1.165) is 72.9 Å². The second-order valence-corrected chi connectivity index (χ2v) is 7.65. The number of H-pyrrole nitrogens is 1. The van der Waals surface area contributed by atoms with Crippen LogP contribution >= 0.6 is 0 Å². The number of carbonyl (C=O) groups excluding carboxylic acids is 1. The zero-order valence-corrected chi connectivity index (χ0v) is 18.2. The number of unbranched alkanes of at least 4 members (excludes halogenated alkanes) is 1. The number of para-hydroxylation sites is 2. The van der Waals surface area contributed by atoms with Crippen LogP contribution in [-0.4, -0.2) is 52.3 Å². The van der Waals surface area contributed by atoms with E-state index < -0.39 is 0 Å². The number of hydrogen-bond acceptors (Lipinski definition) is 5. The molecular formula is C25H29N5O. The molecule has 0 bridgehead atoms. The van der Waals surface area contributed by atoms with Crippen LogP contribution in [0.1, 0.15) is 37.0 Å². The summed E-state index contributed by atoms with van der Waals surface area (Å²) in [7, 11) is 0. The monoisotopic (exact) mass is 415 g/mol. The van der Waals surface area contributed by atoms with Crippen molar-refractivity contribution in [2.24, 2.45) is 0 Å². The quantitative estimate of drug-likeness (QED) is 0.278. The third-order valence-electron chi connectivity index (χ3n) is 5.78. The molecule has 0 aliphatic carbocycles. The summed E-state index contributed by atoms with van der Waals surface area (Å²) in [6, 6.07) is 15.8. The molecule has 0 amide bonds. The van der Waals surface area contributed by atoms with Crippen molar-refractivity contribution in [1.29, 1.82) is 0 Å². The average molecular weight is 416 g/mol. The Morgan fingerprint density at radius 3 is 2.48 bits per heavy atom. The predicted molar refractivity (Wildman–Crippen MR) is 128 cm³/mol. The Balaban J connectivity index is 1.62. The first-order valence-corrected chi connectivity index (χ1v) is 11.0. The van der Waals surface area contributed by atoms with E-state index in [2.05, 4.69) is 29.0 Å². The third-order valence-corrected chi connectivity index (χ3v) is 5.78. The molecule has 2 aromatic carbocycles. The fourth-order valence-electron chi connectivity index (χ4n) is 3.99. The number of hydrogen-bond donors (Lipinski definition) is 2. The van der Waals surface area contributed by atoms with Crippen LogP contribution in [0, 0.1) is 0 Å². The van der Waals surface area contributed by atoms with E-state index in [9.17, 15) is 4.79 Å². The van der Waals surface area contributed by atoms with Gasteiger partial charge in [0.05, 0.1) is 16.8 Å². The van der Waals surface area contributed by atoms with Crippen LogP contribution in [0.25, 0.3) is 33.3 Å². The second kappa shape index (κ2) is 9.71. The largest absolute Gasteiger partial charge is 0.369 e. The zero-order chi connectivity index (χ0) is 21.6. The summed E-state index contributed by atoms with van der Waals surface area (Å²) < 4.78 is 0. The first-order valence-electron chi connectivity index (χ1n) is 11.0. The Bertz CT molecular complexity index is 1180. The van der Waals surface area contributed by atoms with E-state index in [0.29, 0.717) is 17.1 Å². The molecule has 0 atom stereocenters. The molecule has 0 saturated carbocycles. The van der Waals surface area contributed by atoms with Gasteiger partial charge in [-0.05, 0) is 50.7 Å². The van der Waals surface area contributed by atoms with Gasteiger partial charge in [0.2, 0.25) is 0 Å². The molecule has 6 heteroatoms. The summed E-state index contributed by atoms with van der Waals surface area (Å²) in [5.41, 5.74) is 3.01. The lowest BCUT2D eigenvalue weighted by atomic mass is 10.1. The molecule has 0 unspecified atom stereocenters. The summed E-state index contributed by atoms with van der Waals surface area (Å²) in [4.78, 5) is 27.2. The van der Waals surface area contributed by atoms with E-state index in [1.54, 1.807) is 0 Å². The third kappa shape index (κ3) is 4.44. The molecule has 31 heavy (non-hydrogen) atoms. The van der Waals surface area contributed by atoms with Gasteiger partial charge in [-0.25, -0.2) is 9.97 Å². The smallest absolute Gasteiger partial charge is 0.179 e. The molecular weight excluding hydrogens is 386 g/mol. The second-order valence-electron chi connectivity index (χ2n) is 7.65. The number of aromatic nitrogens is 3. The lowest BCUT2D eigenvalue weighted by Crippen LogP contribution is -2.24. The van der Waals surface area contributed by atoms with Gasteiger partial charge >= 0.3 is 0 Å². The minimum Gasteiger partial charge on any atom is -0.369 e. The first kappa shape index (κ1) is 21.0. The molecule has 160 valence electrons. The molecule has 0 aliphatic heterocycles. The predicted octanol–water partition coefficient (Wildman–Crippen LogP) is 5.12. The Morgan fingerprint density at radius 1 is 0.968 bits per heavy atom.